The van der Waals surface area contributed by atoms with Crippen LogP contribution >= 0.6 is 35.5 Å². The van der Waals surface area contributed by atoms with Crippen molar-refractivity contribution in [3.63, 3.8) is 0 Å². The normalized spacial score (nSPS) is 19.2. The van der Waals surface area contributed by atoms with Gasteiger partial charge in [-0.1, -0.05) is 6.92 Å². The molecule has 1 aliphatic rings. The average Bonchev–Trinajstić information content (AvgIpc) is 2.87. The lowest BCUT2D eigenvalue weighted by Crippen LogP contribution is -2.37. The van der Waals surface area contributed by atoms with Crippen LogP contribution in [-0.4, -0.2) is 28.6 Å². The molecule has 1 aromatic rings. The molecule has 0 spiro atoms. The van der Waals surface area contributed by atoms with E-state index in [1.54, 1.807) is 23.1 Å². The van der Waals surface area contributed by atoms with Crippen LogP contribution in [0.25, 0.3) is 0 Å². The Morgan fingerprint density at radius 1 is 1.75 bits per heavy atom. The third kappa shape index (κ3) is 3.35. The van der Waals surface area contributed by atoms with Gasteiger partial charge in [0.2, 0.25) is 5.91 Å². The van der Waals surface area contributed by atoms with Gasteiger partial charge in [-0.3, -0.25) is 10.1 Å². The second kappa shape index (κ2) is 6.44. The maximum atomic E-state index is 11.7. The zero-order chi connectivity index (χ0) is 10.7. The number of carbonyl (C=O) groups is 1. The van der Waals surface area contributed by atoms with E-state index in [0.29, 0.717) is 5.13 Å². The Morgan fingerprint density at radius 2 is 2.56 bits per heavy atom. The van der Waals surface area contributed by atoms with E-state index in [1.807, 2.05) is 6.20 Å². The summed E-state index contributed by atoms with van der Waals surface area (Å²) in [7, 11) is 0. The Hall–Kier alpha value is -0.300. The molecule has 4 nitrogen and oxygen atoms in total. The summed E-state index contributed by atoms with van der Waals surface area (Å²) < 4.78 is 0. The van der Waals surface area contributed by atoms with Crippen LogP contribution in [0.2, 0.25) is 0 Å². The largest absolute Gasteiger partial charge is 0.301 e. The molecule has 0 saturated carbocycles. The van der Waals surface area contributed by atoms with E-state index in [1.165, 1.54) is 4.88 Å². The first-order valence-corrected chi connectivity index (χ1v) is 6.83. The number of rotatable bonds is 3. The minimum Gasteiger partial charge on any atom is -0.301 e. The molecule has 1 aromatic heterocycles. The van der Waals surface area contributed by atoms with Crippen LogP contribution in [0.15, 0.2) is 6.20 Å². The molecule has 7 heteroatoms. The fraction of sp³-hybridized carbons (Fsp3) is 0.556. The van der Waals surface area contributed by atoms with E-state index in [4.69, 9.17) is 0 Å². The molecule has 1 atom stereocenters. The predicted molar refractivity (Wildman–Crippen MR) is 71.6 cm³/mol. The standard InChI is InChI=1S/C9H13N3OS2.ClH/c1-2-6-3-10-9(15-6)12-8(13)7-4-14-5-11-7;/h3,7,11H,2,4-5H2,1H3,(H,10,12,13);1H. The number of anilines is 1. The molecule has 0 aliphatic carbocycles. The van der Waals surface area contributed by atoms with Gasteiger partial charge in [-0.2, -0.15) is 0 Å². The highest BCUT2D eigenvalue weighted by molar-refractivity contribution is 7.99. The molecule has 2 N–H and O–H groups in total. The highest BCUT2D eigenvalue weighted by Gasteiger charge is 2.22. The lowest BCUT2D eigenvalue weighted by atomic mass is 10.3. The average molecular weight is 280 g/mol. The van der Waals surface area contributed by atoms with Crippen LogP contribution in [-0.2, 0) is 11.2 Å². The number of hydrogen-bond acceptors (Lipinski definition) is 5. The summed E-state index contributed by atoms with van der Waals surface area (Å²) in [6.45, 7) is 2.08. The van der Waals surface area contributed by atoms with Crippen molar-refractivity contribution in [2.24, 2.45) is 0 Å². The van der Waals surface area contributed by atoms with Crippen LogP contribution in [0.1, 0.15) is 11.8 Å². The minimum atomic E-state index is -0.0658. The Kier molecular flexibility index (Phi) is 5.54. The van der Waals surface area contributed by atoms with Crippen LogP contribution < -0.4 is 10.6 Å². The van der Waals surface area contributed by atoms with Gasteiger partial charge in [0.1, 0.15) is 0 Å². The molecule has 0 radical (unpaired) electrons. The monoisotopic (exact) mass is 279 g/mol. The first-order chi connectivity index (χ1) is 7.29. The molecule has 1 fully saturated rings. The number of nitrogens with zero attached hydrogens (tertiary/aromatic N) is 1. The van der Waals surface area contributed by atoms with Gasteiger partial charge in [0, 0.05) is 22.7 Å². The number of aryl methyl sites for hydroxylation is 1. The van der Waals surface area contributed by atoms with Crippen molar-refractivity contribution in [2.75, 3.05) is 16.9 Å². The molecule has 0 aromatic carbocycles. The first-order valence-electron chi connectivity index (χ1n) is 4.86. The smallest absolute Gasteiger partial charge is 0.244 e. The summed E-state index contributed by atoms with van der Waals surface area (Å²) in [5.74, 6) is 1.73. The number of nitrogens with one attached hydrogen (secondary N) is 2. The SMILES string of the molecule is CCc1cnc(NC(=O)C2CSCN2)s1.Cl. The molecular weight excluding hydrogens is 266 g/mol. The highest BCUT2D eigenvalue weighted by atomic mass is 35.5. The molecule has 1 saturated heterocycles. The summed E-state index contributed by atoms with van der Waals surface area (Å²) in [6, 6.07) is -0.0658. The fourth-order valence-electron chi connectivity index (χ4n) is 1.28. The van der Waals surface area contributed by atoms with E-state index in [0.717, 1.165) is 18.1 Å². The fourth-order valence-corrected chi connectivity index (χ4v) is 2.98. The molecule has 16 heavy (non-hydrogen) atoms. The van der Waals surface area contributed by atoms with E-state index in [9.17, 15) is 4.79 Å². The van der Waals surface area contributed by atoms with E-state index >= 15 is 0 Å². The number of thiazole rings is 1. The van der Waals surface area contributed by atoms with Crippen molar-refractivity contribution in [1.29, 1.82) is 0 Å². The Bertz CT molecular complexity index is 352. The number of carbonyl (C=O) groups excluding carboxylic acids is 1. The van der Waals surface area contributed by atoms with Crippen molar-refractivity contribution in [1.82, 2.24) is 10.3 Å². The molecule has 2 rings (SSSR count). The summed E-state index contributed by atoms with van der Waals surface area (Å²) in [6.07, 6.45) is 2.78. The van der Waals surface area contributed by atoms with Crippen molar-refractivity contribution >= 4 is 46.5 Å². The molecule has 2 heterocycles. The third-order valence-corrected chi connectivity index (χ3v) is 4.16. The second-order valence-electron chi connectivity index (χ2n) is 3.25. The van der Waals surface area contributed by atoms with Crippen molar-refractivity contribution in [2.45, 2.75) is 19.4 Å². The molecule has 1 unspecified atom stereocenters. The summed E-state index contributed by atoms with van der Waals surface area (Å²) in [5, 5.41) is 6.66. The maximum absolute atomic E-state index is 11.7. The topological polar surface area (TPSA) is 54.0 Å². The lowest BCUT2D eigenvalue weighted by molar-refractivity contribution is -0.117. The molecule has 0 bridgehead atoms. The first kappa shape index (κ1) is 13.8. The summed E-state index contributed by atoms with van der Waals surface area (Å²) in [5.41, 5.74) is 0. The second-order valence-corrected chi connectivity index (χ2v) is 5.39. The molecule has 1 aliphatic heterocycles. The third-order valence-electron chi connectivity index (χ3n) is 2.16. The van der Waals surface area contributed by atoms with Crippen LogP contribution in [0.3, 0.4) is 0 Å². The number of amides is 1. The number of thioether (sulfide) groups is 1. The van der Waals surface area contributed by atoms with Gasteiger partial charge in [-0.15, -0.1) is 35.5 Å². The van der Waals surface area contributed by atoms with E-state index < -0.39 is 0 Å². The summed E-state index contributed by atoms with van der Waals surface area (Å²) in [4.78, 5) is 17.0. The maximum Gasteiger partial charge on any atom is 0.244 e. The van der Waals surface area contributed by atoms with Gasteiger partial charge >= 0.3 is 0 Å². The van der Waals surface area contributed by atoms with Gasteiger partial charge in [0.05, 0.1) is 6.04 Å². The predicted octanol–water partition coefficient (Wildman–Crippen LogP) is 1.73. The molecule has 1 amide bonds. The number of hydrogen-bond donors (Lipinski definition) is 2. The Balaban J connectivity index is 0.00000128. The Morgan fingerprint density at radius 3 is 3.12 bits per heavy atom. The van der Waals surface area contributed by atoms with Crippen molar-refractivity contribution in [3.05, 3.63) is 11.1 Å². The highest BCUT2D eigenvalue weighted by Crippen LogP contribution is 2.19. The van der Waals surface area contributed by atoms with E-state index in [2.05, 4.69) is 22.5 Å². The van der Waals surface area contributed by atoms with Gasteiger partial charge in [-0.05, 0) is 6.42 Å². The molecular formula is C9H14ClN3OS2. The Labute approximate surface area is 109 Å². The number of aromatic nitrogens is 1. The van der Waals surface area contributed by atoms with Gasteiger partial charge in [0.15, 0.2) is 5.13 Å². The van der Waals surface area contributed by atoms with Crippen LogP contribution in [0, 0.1) is 0 Å². The number of halogens is 1. The zero-order valence-corrected chi connectivity index (χ0v) is 11.3. The lowest BCUT2D eigenvalue weighted by Gasteiger charge is -2.07. The summed E-state index contributed by atoms with van der Waals surface area (Å²) >= 11 is 3.28. The van der Waals surface area contributed by atoms with Crippen molar-refractivity contribution < 1.29 is 4.79 Å². The van der Waals surface area contributed by atoms with Crippen molar-refractivity contribution in [3.8, 4) is 0 Å². The van der Waals surface area contributed by atoms with Gasteiger partial charge < -0.3 is 5.32 Å². The minimum absolute atomic E-state index is 0. The van der Waals surface area contributed by atoms with Gasteiger partial charge in [-0.25, -0.2) is 4.98 Å². The quantitative estimate of drug-likeness (QED) is 0.885. The van der Waals surface area contributed by atoms with E-state index in [-0.39, 0.29) is 24.4 Å². The van der Waals surface area contributed by atoms with Crippen LogP contribution in [0.4, 0.5) is 5.13 Å². The van der Waals surface area contributed by atoms with Gasteiger partial charge in [0.25, 0.3) is 0 Å². The van der Waals surface area contributed by atoms with Crippen LogP contribution in [0.5, 0.6) is 0 Å². The zero-order valence-electron chi connectivity index (χ0n) is 8.86. The molecule has 90 valence electrons.